The van der Waals surface area contributed by atoms with E-state index in [1.54, 1.807) is 19.1 Å². The molecule has 3 heterocycles. The molecular formula is C25H28F2N6O6. The number of aromatic nitrogens is 1. The summed E-state index contributed by atoms with van der Waals surface area (Å²) in [6.45, 7) is 2.37. The van der Waals surface area contributed by atoms with Gasteiger partial charge in [-0.25, -0.2) is 18.4 Å². The van der Waals surface area contributed by atoms with Gasteiger partial charge in [0.2, 0.25) is 5.91 Å². The molecule has 1 aromatic carbocycles. The maximum Gasteiger partial charge on any atom is 0.414 e. The van der Waals surface area contributed by atoms with Crippen molar-refractivity contribution in [1.82, 2.24) is 20.5 Å². The first-order valence-corrected chi connectivity index (χ1v) is 12.4. The Kier molecular flexibility index (Phi) is 8.74. The van der Waals surface area contributed by atoms with Gasteiger partial charge in [0.05, 0.1) is 24.3 Å². The smallest absolute Gasteiger partial charge is 0.414 e. The highest BCUT2D eigenvalue weighted by atomic mass is 19.1. The van der Waals surface area contributed by atoms with Gasteiger partial charge in [-0.15, -0.1) is 0 Å². The number of alkyl carbamates (subject to hydrolysis) is 1. The molecule has 2 aromatic rings. The van der Waals surface area contributed by atoms with Gasteiger partial charge in [-0.05, 0) is 19.1 Å². The van der Waals surface area contributed by atoms with Gasteiger partial charge in [0.1, 0.15) is 12.3 Å². The summed E-state index contributed by atoms with van der Waals surface area (Å²) in [4.78, 5) is 56.3. The summed E-state index contributed by atoms with van der Waals surface area (Å²) >= 11 is 0. The third-order valence-electron chi connectivity index (χ3n) is 6.18. The van der Waals surface area contributed by atoms with Gasteiger partial charge in [0.25, 0.3) is 5.91 Å². The molecule has 0 spiro atoms. The van der Waals surface area contributed by atoms with Crippen molar-refractivity contribution in [3.63, 3.8) is 0 Å². The number of halogens is 2. The molecule has 39 heavy (non-hydrogen) atoms. The number of rotatable bonds is 8. The van der Waals surface area contributed by atoms with Gasteiger partial charge in [0.15, 0.2) is 17.7 Å². The molecule has 1 aromatic heterocycles. The average molecular weight is 547 g/mol. The summed E-state index contributed by atoms with van der Waals surface area (Å²) in [5.41, 5.74) is 0.0341. The van der Waals surface area contributed by atoms with Crippen LogP contribution in [0.2, 0.25) is 0 Å². The highest BCUT2D eigenvalue weighted by Gasteiger charge is 2.35. The van der Waals surface area contributed by atoms with E-state index in [4.69, 9.17) is 9.47 Å². The lowest BCUT2D eigenvalue weighted by molar-refractivity contribution is -0.130. The number of carbonyl (C=O) groups is 4. The van der Waals surface area contributed by atoms with Gasteiger partial charge in [-0.2, -0.15) is 0 Å². The van der Waals surface area contributed by atoms with Crippen molar-refractivity contribution in [3.8, 4) is 0 Å². The molecule has 2 saturated heterocycles. The Morgan fingerprint density at radius 1 is 1.13 bits per heavy atom. The molecule has 208 valence electrons. The van der Waals surface area contributed by atoms with Crippen LogP contribution >= 0.6 is 0 Å². The van der Waals surface area contributed by atoms with E-state index in [0.29, 0.717) is 12.1 Å². The van der Waals surface area contributed by atoms with Crippen LogP contribution in [0.1, 0.15) is 17.3 Å². The number of hydrogen-bond donors (Lipinski definition) is 2. The molecule has 2 aliphatic rings. The predicted molar refractivity (Wildman–Crippen MR) is 134 cm³/mol. The van der Waals surface area contributed by atoms with Crippen molar-refractivity contribution in [1.29, 1.82) is 0 Å². The first-order valence-electron chi connectivity index (χ1n) is 12.4. The standard InChI is InChI=1S/C25H28F2N6O6/c1-2-29-24(36)38-15-18-14-33(25(37)39-18)17-10-19(26)22(20(27)11-17)32-8-6-31(7-9-32)21(34)13-30-23(35)16-4-3-5-28-12-16/h3-5,10-12,18H,2,6-9,13-15H2,1H3,(H,29,36)(H,30,35)/t18-/m1/s1. The van der Waals surface area contributed by atoms with E-state index in [9.17, 15) is 19.2 Å². The number of carbonyl (C=O) groups excluding carboxylic acids is 4. The first kappa shape index (κ1) is 27.5. The van der Waals surface area contributed by atoms with E-state index >= 15 is 8.78 Å². The maximum absolute atomic E-state index is 15.1. The van der Waals surface area contributed by atoms with Gasteiger partial charge in [0, 0.05) is 57.3 Å². The summed E-state index contributed by atoms with van der Waals surface area (Å²) in [6, 6.07) is 5.27. The minimum absolute atomic E-state index is 0.0302. The third kappa shape index (κ3) is 6.69. The Balaban J connectivity index is 1.31. The number of pyridine rings is 1. The Morgan fingerprint density at radius 3 is 2.49 bits per heavy atom. The Bertz CT molecular complexity index is 1200. The number of anilines is 2. The molecular weight excluding hydrogens is 518 g/mol. The number of nitrogens with one attached hydrogen (secondary N) is 2. The van der Waals surface area contributed by atoms with Crippen LogP contribution in [0.25, 0.3) is 0 Å². The highest BCUT2D eigenvalue weighted by Crippen LogP contribution is 2.31. The van der Waals surface area contributed by atoms with Crippen molar-refractivity contribution in [2.75, 3.05) is 62.2 Å². The monoisotopic (exact) mass is 546 g/mol. The van der Waals surface area contributed by atoms with Gasteiger partial charge < -0.3 is 29.9 Å². The zero-order valence-corrected chi connectivity index (χ0v) is 21.2. The zero-order valence-electron chi connectivity index (χ0n) is 21.2. The van der Waals surface area contributed by atoms with E-state index in [2.05, 4.69) is 15.6 Å². The van der Waals surface area contributed by atoms with Gasteiger partial charge >= 0.3 is 12.2 Å². The molecule has 2 N–H and O–H groups in total. The fraction of sp³-hybridized carbons (Fsp3) is 0.400. The van der Waals surface area contributed by atoms with Crippen LogP contribution in [0.4, 0.5) is 29.7 Å². The number of cyclic esters (lactones) is 1. The second kappa shape index (κ2) is 12.4. The van der Waals surface area contributed by atoms with E-state index in [1.807, 2.05) is 0 Å². The summed E-state index contributed by atoms with van der Waals surface area (Å²) in [6.07, 6.45) is 0.662. The molecule has 1 atom stereocenters. The summed E-state index contributed by atoms with van der Waals surface area (Å²) in [7, 11) is 0. The summed E-state index contributed by atoms with van der Waals surface area (Å²) in [5.74, 6) is -2.49. The van der Waals surface area contributed by atoms with Crippen molar-refractivity contribution >= 4 is 35.4 Å². The number of ether oxygens (including phenoxy) is 2. The Hall–Kier alpha value is -4.49. The lowest BCUT2D eigenvalue weighted by atomic mass is 10.2. The normalized spacial score (nSPS) is 17.1. The third-order valence-corrected chi connectivity index (χ3v) is 6.18. The van der Waals surface area contributed by atoms with Gasteiger partial charge in [-0.1, -0.05) is 0 Å². The molecule has 0 saturated carbocycles. The van der Waals surface area contributed by atoms with E-state index in [-0.39, 0.29) is 63.2 Å². The van der Waals surface area contributed by atoms with Crippen molar-refractivity contribution < 1.29 is 37.4 Å². The predicted octanol–water partition coefficient (Wildman–Crippen LogP) is 1.51. The minimum atomic E-state index is -0.872. The van der Waals surface area contributed by atoms with Crippen LogP contribution in [-0.4, -0.2) is 92.4 Å². The second-order valence-corrected chi connectivity index (χ2v) is 8.80. The quantitative estimate of drug-likeness (QED) is 0.509. The van der Waals surface area contributed by atoms with E-state index in [1.165, 1.54) is 22.2 Å². The van der Waals surface area contributed by atoms with Crippen molar-refractivity contribution in [3.05, 3.63) is 53.9 Å². The SMILES string of the molecule is CCNC(=O)OC[C@H]1CN(c2cc(F)c(N3CCN(C(=O)CNC(=O)c4cccnc4)CC3)c(F)c2)C(=O)O1. The molecule has 12 nitrogen and oxygen atoms in total. The number of amides is 4. The molecule has 14 heteroatoms. The topological polar surface area (TPSA) is 133 Å². The van der Waals surface area contributed by atoms with Crippen LogP contribution < -0.4 is 20.4 Å². The molecule has 0 radical (unpaired) electrons. The first-order chi connectivity index (χ1) is 18.8. The molecule has 2 aliphatic heterocycles. The van der Waals surface area contributed by atoms with Crippen LogP contribution in [0.3, 0.4) is 0 Å². The largest absolute Gasteiger partial charge is 0.446 e. The zero-order chi connectivity index (χ0) is 27.9. The van der Waals surface area contributed by atoms with Crippen LogP contribution in [0, 0.1) is 11.6 Å². The number of nitrogens with zero attached hydrogens (tertiary/aromatic N) is 4. The summed E-state index contributed by atoms with van der Waals surface area (Å²) < 4.78 is 40.2. The molecule has 2 fully saturated rings. The number of piperazine rings is 1. The van der Waals surface area contributed by atoms with E-state index < -0.39 is 35.8 Å². The second-order valence-electron chi connectivity index (χ2n) is 8.80. The molecule has 0 aliphatic carbocycles. The average Bonchev–Trinajstić information content (AvgIpc) is 3.31. The molecule has 4 amide bonds. The van der Waals surface area contributed by atoms with Crippen molar-refractivity contribution in [2.24, 2.45) is 0 Å². The number of hydrogen-bond acceptors (Lipinski definition) is 8. The fourth-order valence-electron chi connectivity index (χ4n) is 4.24. The van der Waals surface area contributed by atoms with Crippen LogP contribution in [0.5, 0.6) is 0 Å². The Morgan fingerprint density at radius 2 is 1.85 bits per heavy atom. The summed E-state index contributed by atoms with van der Waals surface area (Å²) in [5, 5.41) is 4.98. The highest BCUT2D eigenvalue weighted by molar-refractivity contribution is 5.96. The van der Waals surface area contributed by atoms with Crippen LogP contribution in [-0.2, 0) is 14.3 Å². The fourth-order valence-corrected chi connectivity index (χ4v) is 4.24. The number of benzene rings is 1. The van der Waals surface area contributed by atoms with Gasteiger partial charge in [-0.3, -0.25) is 19.5 Å². The molecule has 0 unspecified atom stereocenters. The minimum Gasteiger partial charge on any atom is -0.446 e. The van der Waals surface area contributed by atoms with Crippen LogP contribution in [0.15, 0.2) is 36.7 Å². The maximum atomic E-state index is 15.1. The van der Waals surface area contributed by atoms with Crippen molar-refractivity contribution in [2.45, 2.75) is 13.0 Å². The van der Waals surface area contributed by atoms with E-state index in [0.717, 1.165) is 17.0 Å². The lowest BCUT2D eigenvalue weighted by Gasteiger charge is -2.36. The molecule has 4 rings (SSSR count). The Labute approximate surface area is 222 Å². The molecule has 0 bridgehead atoms. The lowest BCUT2D eigenvalue weighted by Crippen LogP contribution is -2.51.